The van der Waals surface area contributed by atoms with Crippen LogP contribution >= 0.6 is 0 Å². The van der Waals surface area contributed by atoms with Gasteiger partial charge in [0, 0.05) is 33.3 Å². The average molecular weight is 710 g/mol. The van der Waals surface area contributed by atoms with E-state index < -0.39 is 0 Å². The van der Waals surface area contributed by atoms with E-state index in [-0.39, 0.29) is 16.2 Å². The SMILES string of the molecule is CC1(C)c2ccccc2-c2ccc(N(c3ccc(-c4cccc5c4C(C)(C)c4ccccc4-5)cc3)c3ccc4c(c3)C3(CCCCC3)c3ccccc3-4)cc21. The molecule has 1 heteroatoms. The fourth-order valence-corrected chi connectivity index (χ4v) is 11.4. The Morgan fingerprint density at radius 3 is 1.51 bits per heavy atom. The van der Waals surface area contributed by atoms with Crippen molar-refractivity contribution in [3.05, 3.63) is 185 Å². The molecule has 55 heavy (non-hydrogen) atoms. The second kappa shape index (κ2) is 11.7. The van der Waals surface area contributed by atoms with Crippen molar-refractivity contribution in [2.75, 3.05) is 4.90 Å². The van der Waals surface area contributed by atoms with Gasteiger partial charge in [-0.1, -0.05) is 162 Å². The quantitative estimate of drug-likeness (QED) is 0.176. The maximum absolute atomic E-state index is 2.56. The summed E-state index contributed by atoms with van der Waals surface area (Å²) in [6.07, 6.45) is 6.35. The molecule has 0 radical (unpaired) electrons. The Morgan fingerprint density at radius 2 is 0.836 bits per heavy atom. The van der Waals surface area contributed by atoms with Crippen molar-refractivity contribution in [3.8, 4) is 44.5 Å². The molecule has 0 aromatic heterocycles. The molecule has 0 aliphatic heterocycles. The first-order valence-electron chi connectivity index (χ1n) is 20.4. The minimum absolute atomic E-state index is 0.0703. The zero-order valence-corrected chi connectivity index (χ0v) is 32.4. The highest BCUT2D eigenvalue weighted by Crippen LogP contribution is 2.58. The number of hydrogen-bond acceptors (Lipinski definition) is 1. The lowest BCUT2D eigenvalue weighted by Crippen LogP contribution is -2.28. The van der Waals surface area contributed by atoms with E-state index >= 15 is 0 Å². The highest BCUT2D eigenvalue weighted by atomic mass is 15.1. The fraction of sp³-hybridized carbons (Fsp3) is 0.222. The molecule has 0 N–H and O–H groups in total. The van der Waals surface area contributed by atoms with E-state index in [1.807, 2.05) is 0 Å². The van der Waals surface area contributed by atoms with Crippen molar-refractivity contribution in [1.29, 1.82) is 0 Å². The lowest BCUT2D eigenvalue weighted by molar-refractivity contribution is 0.353. The maximum atomic E-state index is 2.56. The van der Waals surface area contributed by atoms with Gasteiger partial charge in [0.05, 0.1) is 0 Å². The highest BCUT2D eigenvalue weighted by molar-refractivity contribution is 5.91. The molecule has 0 heterocycles. The average Bonchev–Trinajstić information content (AvgIpc) is 3.73. The molecule has 0 unspecified atom stereocenters. The van der Waals surface area contributed by atoms with Crippen molar-refractivity contribution < 1.29 is 0 Å². The number of hydrogen-bond donors (Lipinski definition) is 0. The first-order chi connectivity index (χ1) is 26.8. The molecule has 268 valence electrons. The Labute approximate surface area is 326 Å². The lowest BCUT2D eigenvalue weighted by Gasteiger charge is -2.36. The third-order valence-electron chi connectivity index (χ3n) is 14.1. The highest BCUT2D eigenvalue weighted by Gasteiger charge is 2.44. The molecule has 4 aliphatic rings. The van der Waals surface area contributed by atoms with Crippen molar-refractivity contribution >= 4 is 17.1 Å². The van der Waals surface area contributed by atoms with Crippen LogP contribution in [0.4, 0.5) is 17.1 Å². The summed E-state index contributed by atoms with van der Waals surface area (Å²) in [5.74, 6) is 0. The summed E-state index contributed by atoms with van der Waals surface area (Å²) in [5.41, 5.74) is 23.1. The summed E-state index contributed by atoms with van der Waals surface area (Å²) in [6.45, 7) is 9.54. The second-order valence-electron chi connectivity index (χ2n) is 17.6. The van der Waals surface area contributed by atoms with Gasteiger partial charge in [0.15, 0.2) is 0 Å². The topological polar surface area (TPSA) is 3.24 Å². The van der Waals surface area contributed by atoms with Crippen LogP contribution < -0.4 is 4.90 Å². The second-order valence-corrected chi connectivity index (χ2v) is 17.6. The van der Waals surface area contributed by atoms with Gasteiger partial charge in [-0.25, -0.2) is 0 Å². The minimum Gasteiger partial charge on any atom is -0.310 e. The summed E-state index contributed by atoms with van der Waals surface area (Å²) in [7, 11) is 0. The van der Waals surface area contributed by atoms with Crippen molar-refractivity contribution in [2.45, 2.75) is 76.0 Å². The van der Waals surface area contributed by atoms with Crippen LogP contribution in [0.15, 0.2) is 152 Å². The standard InChI is InChI=1S/C54H47N/c1-52(2)46-20-9-6-15-40(46)43-29-27-37(33-49(43)52)55(38-28-30-44-41-16-8-11-22-48(41)54(50(44)34-38)31-12-5-13-32-54)36-25-23-35(24-26-36)39-18-14-19-45-42-17-7-10-21-47(42)53(3,4)51(39)45/h6-11,14-30,33-34H,5,12-13,31-32H2,1-4H3. The van der Waals surface area contributed by atoms with E-state index in [1.54, 1.807) is 0 Å². The Kier molecular flexibility index (Phi) is 6.95. The van der Waals surface area contributed by atoms with Crippen LogP contribution in [0.1, 0.15) is 93.2 Å². The van der Waals surface area contributed by atoms with Crippen LogP contribution in [0.3, 0.4) is 0 Å². The van der Waals surface area contributed by atoms with Crippen LogP contribution in [0.2, 0.25) is 0 Å². The molecular formula is C54H47N. The van der Waals surface area contributed by atoms with E-state index in [0.717, 1.165) is 0 Å². The Hall–Kier alpha value is -5.66. The summed E-state index contributed by atoms with van der Waals surface area (Å²) in [6, 6.07) is 58.0. The predicted molar refractivity (Wildman–Crippen MR) is 231 cm³/mol. The molecule has 1 spiro atoms. The van der Waals surface area contributed by atoms with E-state index in [0.29, 0.717) is 0 Å². The van der Waals surface area contributed by atoms with E-state index in [4.69, 9.17) is 0 Å². The predicted octanol–water partition coefficient (Wildman–Crippen LogP) is 14.7. The number of fused-ring (bicyclic) bond motifs is 11. The van der Waals surface area contributed by atoms with Crippen molar-refractivity contribution in [3.63, 3.8) is 0 Å². The number of benzene rings is 7. The molecule has 1 fully saturated rings. The third-order valence-corrected chi connectivity index (χ3v) is 14.1. The van der Waals surface area contributed by atoms with Gasteiger partial charge in [0.1, 0.15) is 0 Å². The number of anilines is 3. The van der Waals surface area contributed by atoms with Gasteiger partial charge in [-0.05, 0) is 127 Å². The van der Waals surface area contributed by atoms with E-state index in [2.05, 4.69) is 184 Å². The van der Waals surface area contributed by atoms with E-state index in [9.17, 15) is 0 Å². The van der Waals surface area contributed by atoms with Crippen molar-refractivity contribution in [1.82, 2.24) is 0 Å². The van der Waals surface area contributed by atoms with Gasteiger partial charge in [-0.3, -0.25) is 0 Å². The minimum atomic E-state index is -0.0821. The summed E-state index contributed by atoms with van der Waals surface area (Å²) in [4.78, 5) is 2.53. The monoisotopic (exact) mass is 709 g/mol. The molecule has 7 aromatic carbocycles. The van der Waals surface area contributed by atoms with E-state index in [1.165, 1.54) is 127 Å². The van der Waals surface area contributed by atoms with Gasteiger partial charge in [0.2, 0.25) is 0 Å². The fourth-order valence-electron chi connectivity index (χ4n) is 11.4. The van der Waals surface area contributed by atoms with Crippen LogP contribution in [0, 0.1) is 0 Å². The van der Waals surface area contributed by atoms with Crippen molar-refractivity contribution in [2.24, 2.45) is 0 Å². The van der Waals surface area contributed by atoms with Crippen LogP contribution in [-0.4, -0.2) is 0 Å². The third kappa shape index (κ3) is 4.53. The zero-order chi connectivity index (χ0) is 37.1. The molecule has 11 rings (SSSR count). The first-order valence-corrected chi connectivity index (χ1v) is 20.4. The van der Waals surface area contributed by atoms with Gasteiger partial charge in [-0.2, -0.15) is 0 Å². The molecule has 4 aliphatic carbocycles. The Bertz CT molecular complexity index is 2680. The molecule has 1 nitrogen and oxygen atoms in total. The molecule has 1 saturated carbocycles. The normalized spacial score (nSPS) is 17.2. The molecule has 0 bridgehead atoms. The van der Waals surface area contributed by atoms with Crippen LogP contribution in [0.5, 0.6) is 0 Å². The van der Waals surface area contributed by atoms with Crippen LogP contribution in [0.25, 0.3) is 44.5 Å². The number of rotatable bonds is 4. The smallest absolute Gasteiger partial charge is 0.0465 e. The molecule has 7 aromatic rings. The van der Waals surface area contributed by atoms with Gasteiger partial charge in [0.25, 0.3) is 0 Å². The maximum Gasteiger partial charge on any atom is 0.0465 e. The summed E-state index contributed by atoms with van der Waals surface area (Å²) < 4.78 is 0. The molecule has 0 atom stereocenters. The molecule has 0 amide bonds. The largest absolute Gasteiger partial charge is 0.310 e. The lowest BCUT2D eigenvalue weighted by atomic mass is 9.68. The van der Waals surface area contributed by atoms with Gasteiger partial charge >= 0.3 is 0 Å². The number of nitrogens with zero attached hydrogens (tertiary/aromatic N) is 1. The Morgan fingerprint density at radius 1 is 0.364 bits per heavy atom. The Balaban J connectivity index is 1.07. The van der Waals surface area contributed by atoms with Gasteiger partial charge in [-0.15, -0.1) is 0 Å². The summed E-state index contributed by atoms with van der Waals surface area (Å²) in [5, 5.41) is 0. The zero-order valence-electron chi connectivity index (χ0n) is 32.4. The molecule has 0 saturated heterocycles. The summed E-state index contributed by atoms with van der Waals surface area (Å²) >= 11 is 0. The van der Waals surface area contributed by atoms with Gasteiger partial charge < -0.3 is 4.90 Å². The molecular weight excluding hydrogens is 663 g/mol. The van der Waals surface area contributed by atoms with Crippen LogP contribution in [-0.2, 0) is 16.2 Å². The first kappa shape index (κ1) is 32.7.